The van der Waals surface area contributed by atoms with E-state index in [1.807, 2.05) is 26.8 Å². The van der Waals surface area contributed by atoms with Crippen LogP contribution in [0, 0.1) is 0 Å². The molecule has 0 amide bonds. The number of hydrogen-bond acceptors (Lipinski definition) is 4. The molecule has 0 spiro atoms. The number of anilines is 2. The summed E-state index contributed by atoms with van der Waals surface area (Å²) >= 11 is 0. The number of nitrogen functional groups attached to an aromatic ring is 2. The SMILES string of the molecule is CC(C)(C)c1c(N)cc(C(=O)Oc2ccccc2)cc1N. The predicted molar refractivity (Wildman–Crippen MR) is 85.4 cm³/mol. The van der Waals surface area contributed by atoms with Crippen molar-refractivity contribution in [3.63, 3.8) is 0 Å². The summed E-state index contributed by atoms with van der Waals surface area (Å²) in [7, 11) is 0. The van der Waals surface area contributed by atoms with Crippen LogP contribution in [-0.2, 0) is 5.41 Å². The fourth-order valence-electron chi connectivity index (χ4n) is 2.33. The molecule has 4 nitrogen and oxygen atoms in total. The second-order valence-electron chi connectivity index (χ2n) is 5.98. The van der Waals surface area contributed by atoms with Gasteiger partial charge in [0.1, 0.15) is 5.75 Å². The van der Waals surface area contributed by atoms with Crippen LogP contribution in [0.25, 0.3) is 0 Å². The first-order valence-corrected chi connectivity index (χ1v) is 6.76. The Labute approximate surface area is 124 Å². The Hall–Kier alpha value is -2.49. The normalized spacial score (nSPS) is 11.2. The Morgan fingerprint density at radius 2 is 1.52 bits per heavy atom. The first-order valence-electron chi connectivity index (χ1n) is 6.76. The average Bonchev–Trinajstić information content (AvgIpc) is 2.37. The molecule has 2 aromatic rings. The van der Waals surface area contributed by atoms with Gasteiger partial charge in [0.15, 0.2) is 0 Å². The highest BCUT2D eigenvalue weighted by atomic mass is 16.5. The molecule has 0 bridgehead atoms. The van der Waals surface area contributed by atoms with E-state index in [2.05, 4.69) is 0 Å². The van der Waals surface area contributed by atoms with Crippen molar-refractivity contribution in [3.8, 4) is 5.75 Å². The van der Waals surface area contributed by atoms with Crippen molar-refractivity contribution in [2.45, 2.75) is 26.2 Å². The molecule has 4 N–H and O–H groups in total. The highest BCUT2D eigenvalue weighted by Gasteiger charge is 2.22. The second kappa shape index (κ2) is 5.48. The Kier molecular flexibility index (Phi) is 3.89. The third kappa shape index (κ3) is 3.34. The summed E-state index contributed by atoms with van der Waals surface area (Å²) in [5, 5.41) is 0. The van der Waals surface area contributed by atoms with Gasteiger partial charge in [0.25, 0.3) is 0 Å². The lowest BCUT2D eigenvalue weighted by Gasteiger charge is -2.23. The molecule has 0 aromatic heterocycles. The zero-order chi connectivity index (χ0) is 15.6. The molecule has 0 unspecified atom stereocenters. The summed E-state index contributed by atoms with van der Waals surface area (Å²) in [6, 6.07) is 12.1. The minimum absolute atomic E-state index is 0.184. The molecule has 0 saturated carbocycles. The molecular weight excluding hydrogens is 264 g/mol. The maximum atomic E-state index is 12.1. The van der Waals surface area contributed by atoms with E-state index >= 15 is 0 Å². The monoisotopic (exact) mass is 284 g/mol. The molecule has 4 heteroatoms. The van der Waals surface area contributed by atoms with Crippen LogP contribution in [0.2, 0.25) is 0 Å². The summed E-state index contributed by atoms with van der Waals surface area (Å²) < 4.78 is 5.29. The van der Waals surface area contributed by atoms with Gasteiger partial charge in [-0.3, -0.25) is 0 Å². The number of carbonyl (C=O) groups is 1. The summed E-state index contributed by atoms with van der Waals surface area (Å²) in [5.74, 6) is 0.0135. The maximum Gasteiger partial charge on any atom is 0.343 e. The quantitative estimate of drug-likeness (QED) is 0.503. The molecular formula is C17H20N2O2. The minimum atomic E-state index is -0.472. The van der Waals surface area contributed by atoms with E-state index in [-0.39, 0.29) is 5.41 Å². The largest absolute Gasteiger partial charge is 0.423 e. The highest BCUT2D eigenvalue weighted by Crippen LogP contribution is 2.34. The fraction of sp³-hybridized carbons (Fsp3) is 0.235. The third-order valence-corrected chi connectivity index (χ3v) is 3.14. The van der Waals surface area contributed by atoms with E-state index in [4.69, 9.17) is 16.2 Å². The van der Waals surface area contributed by atoms with E-state index in [1.165, 1.54) is 0 Å². The molecule has 0 heterocycles. The van der Waals surface area contributed by atoms with Crippen LogP contribution in [0.5, 0.6) is 5.75 Å². The molecule has 0 aliphatic carbocycles. The van der Waals surface area contributed by atoms with Gasteiger partial charge in [0.2, 0.25) is 0 Å². The maximum absolute atomic E-state index is 12.1. The van der Waals surface area contributed by atoms with Gasteiger partial charge in [-0.05, 0) is 29.7 Å². The summed E-state index contributed by atoms with van der Waals surface area (Å²) in [4.78, 5) is 12.1. The zero-order valence-electron chi connectivity index (χ0n) is 12.5. The van der Waals surface area contributed by atoms with Gasteiger partial charge in [-0.2, -0.15) is 0 Å². The van der Waals surface area contributed by atoms with Gasteiger partial charge in [0, 0.05) is 16.9 Å². The average molecular weight is 284 g/mol. The van der Waals surface area contributed by atoms with Crippen molar-refractivity contribution in [1.82, 2.24) is 0 Å². The standard InChI is InChI=1S/C17H20N2O2/c1-17(2,3)15-13(18)9-11(10-14(15)19)16(20)21-12-7-5-4-6-8-12/h4-10H,18-19H2,1-3H3. The van der Waals surface area contributed by atoms with E-state index in [0.29, 0.717) is 22.7 Å². The molecule has 110 valence electrons. The van der Waals surface area contributed by atoms with Crippen LogP contribution in [0.3, 0.4) is 0 Å². The first kappa shape index (κ1) is 14.9. The van der Waals surface area contributed by atoms with Gasteiger partial charge < -0.3 is 16.2 Å². The van der Waals surface area contributed by atoms with Crippen molar-refractivity contribution in [1.29, 1.82) is 0 Å². The van der Waals surface area contributed by atoms with Gasteiger partial charge in [-0.15, -0.1) is 0 Å². The second-order valence-corrected chi connectivity index (χ2v) is 5.98. The summed E-state index contributed by atoms with van der Waals surface area (Å²) in [6.07, 6.45) is 0. The van der Waals surface area contributed by atoms with Crippen LogP contribution in [0.15, 0.2) is 42.5 Å². The molecule has 0 aliphatic rings. The Morgan fingerprint density at radius 3 is 2.00 bits per heavy atom. The van der Waals surface area contributed by atoms with Crippen molar-refractivity contribution in [2.24, 2.45) is 0 Å². The minimum Gasteiger partial charge on any atom is -0.423 e. The van der Waals surface area contributed by atoms with E-state index in [9.17, 15) is 4.79 Å². The van der Waals surface area contributed by atoms with Gasteiger partial charge in [-0.1, -0.05) is 39.0 Å². The molecule has 0 atom stereocenters. The van der Waals surface area contributed by atoms with Crippen LogP contribution >= 0.6 is 0 Å². The van der Waals surface area contributed by atoms with Crippen LogP contribution in [0.4, 0.5) is 11.4 Å². The van der Waals surface area contributed by atoms with Crippen molar-refractivity contribution >= 4 is 17.3 Å². The molecule has 2 aromatic carbocycles. The number of rotatable bonds is 2. The van der Waals surface area contributed by atoms with Crippen molar-refractivity contribution in [3.05, 3.63) is 53.6 Å². The number of para-hydroxylation sites is 1. The number of esters is 1. The Balaban J connectivity index is 2.32. The van der Waals surface area contributed by atoms with Gasteiger partial charge in [0.05, 0.1) is 5.56 Å². The third-order valence-electron chi connectivity index (χ3n) is 3.14. The van der Waals surface area contributed by atoms with Gasteiger partial charge >= 0.3 is 5.97 Å². The number of nitrogens with two attached hydrogens (primary N) is 2. The molecule has 21 heavy (non-hydrogen) atoms. The van der Waals surface area contributed by atoms with Gasteiger partial charge in [-0.25, -0.2) is 4.79 Å². The molecule has 0 aliphatic heterocycles. The molecule has 0 fully saturated rings. The van der Waals surface area contributed by atoms with E-state index in [1.54, 1.807) is 36.4 Å². The van der Waals surface area contributed by atoms with E-state index < -0.39 is 5.97 Å². The molecule has 0 radical (unpaired) electrons. The lowest BCUT2D eigenvalue weighted by atomic mass is 9.84. The summed E-state index contributed by atoms with van der Waals surface area (Å²) in [6.45, 7) is 6.07. The predicted octanol–water partition coefficient (Wildman–Crippen LogP) is 3.37. The Bertz CT molecular complexity index is 635. The lowest BCUT2D eigenvalue weighted by Crippen LogP contribution is -2.18. The number of benzene rings is 2. The number of carbonyl (C=O) groups excluding carboxylic acids is 1. The first-order chi connectivity index (χ1) is 9.79. The molecule has 0 saturated heterocycles. The Morgan fingerprint density at radius 1 is 1.00 bits per heavy atom. The topological polar surface area (TPSA) is 78.3 Å². The smallest absolute Gasteiger partial charge is 0.343 e. The summed E-state index contributed by atoms with van der Waals surface area (Å²) in [5.41, 5.74) is 14.1. The van der Waals surface area contributed by atoms with Crippen LogP contribution < -0.4 is 16.2 Å². The number of hydrogen-bond donors (Lipinski definition) is 2. The zero-order valence-corrected chi connectivity index (χ0v) is 12.5. The van der Waals surface area contributed by atoms with Crippen molar-refractivity contribution in [2.75, 3.05) is 11.5 Å². The number of ether oxygens (including phenoxy) is 1. The highest BCUT2D eigenvalue weighted by molar-refractivity contribution is 5.94. The van der Waals surface area contributed by atoms with Crippen LogP contribution in [0.1, 0.15) is 36.7 Å². The van der Waals surface area contributed by atoms with E-state index in [0.717, 1.165) is 5.56 Å². The lowest BCUT2D eigenvalue weighted by molar-refractivity contribution is 0.0735. The molecule has 2 rings (SSSR count). The van der Waals surface area contributed by atoms with Crippen LogP contribution in [-0.4, -0.2) is 5.97 Å². The van der Waals surface area contributed by atoms with Crippen molar-refractivity contribution < 1.29 is 9.53 Å². The fourth-order valence-corrected chi connectivity index (χ4v) is 2.33.